The van der Waals surface area contributed by atoms with Gasteiger partial charge in [-0.15, -0.1) is 0 Å². The molecular formula is C16H13NO3S. The lowest BCUT2D eigenvalue weighted by atomic mass is 10.1. The summed E-state index contributed by atoms with van der Waals surface area (Å²) in [6.45, 7) is 0. The van der Waals surface area contributed by atoms with Crippen LogP contribution >= 0.6 is 0 Å². The molecule has 0 heterocycles. The summed E-state index contributed by atoms with van der Waals surface area (Å²) in [6.07, 6.45) is 0. The van der Waals surface area contributed by atoms with Gasteiger partial charge in [-0.2, -0.15) is 8.42 Å². The third kappa shape index (κ3) is 2.61. The van der Waals surface area contributed by atoms with E-state index in [9.17, 15) is 13.0 Å². The third-order valence-electron chi connectivity index (χ3n) is 3.21. The molecule has 3 rings (SSSR count). The fraction of sp³-hybridized carbons (Fsp3) is 0. The normalized spacial score (nSPS) is 11.5. The minimum absolute atomic E-state index is 0.386. The molecule has 3 aromatic rings. The van der Waals surface area contributed by atoms with Gasteiger partial charge in [0.1, 0.15) is 0 Å². The van der Waals surface area contributed by atoms with Crippen LogP contribution in [0.3, 0.4) is 0 Å². The molecule has 0 aliphatic rings. The number of hydrogen-bond donors (Lipinski definition) is 1. The second-order valence-corrected chi connectivity index (χ2v) is 5.84. The Kier molecular flexibility index (Phi) is 3.37. The summed E-state index contributed by atoms with van der Waals surface area (Å²) in [5.41, 5.74) is 0.804. The van der Waals surface area contributed by atoms with Crippen molar-refractivity contribution in [2.24, 2.45) is 0 Å². The van der Waals surface area contributed by atoms with E-state index in [1.54, 1.807) is 42.5 Å². The zero-order valence-electron chi connectivity index (χ0n) is 11.0. The van der Waals surface area contributed by atoms with Crippen LogP contribution < -0.4 is 4.31 Å². The van der Waals surface area contributed by atoms with Crippen LogP contribution in [0.4, 0.5) is 11.4 Å². The van der Waals surface area contributed by atoms with E-state index in [4.69, 9.17) is 0 Å². The molecule has 0 amide bonds. The van der Waals surface area contributed by atoms with Gasteiger partial charge < -0.3 is 0 Å². The summed E-state index contributed by atoms with van der Waals surface area (Å²) >= 11 is 0. The van der Waals surface area contributed by atoms with Gasteiger partial charge >= 0.3 is 10.3 Å². The van der Waals surface area contributed by atoms with Crippen molar-refractivity contribution in [1.29, 1.82) is 0 Å². The molecule has 0 aliphatic heterocycles. The number of benzene rings is 3. The molecule has 0 unspecified atom stereocenters. The number of fused-ring (bicyclic) bond motifs is 1. The lowest BCUT2D eigenvalue weighted by molar-refractivity contribution is 0.483. The molecule has 0 atom stereocenters. The Labute approximate surface area is 123 Å². The predicted molar refractivity (Wildman–Crippen MR) is 84.1 cm³/mol. The van der Waals surface area contributed by atoms with Crippen molar-refractivity contribution in [2.75, 3.05) is 4.31 Å². The molecule has 0 aliphatic carbocycles. The lowest BCUT2D eigenvalue weighted by Crippen LogP contribution is -2.25. The van der Waals surface area contributed by atoms with Crippen molar-refractivity contribution < 1.29 is 13.0 Å². The SMILES string of the molecule is O=S(=O)(O)N(c1ccccc1)c1cccc2ccccc12. The van der Waals surface area contributed by atoms with Gasteiger partial charge in [-0.1, -0.05) is 54.6 Å². The number of anilines is 2. The Morgan fingerprint density at radius 2 is 1.38 bits per heavy atom. The Balaban J connectivity index is 2.31. The molecule has 0 fully saturated rings. The Hall–Kier alpha value is -2.37. The van der Waals surface area contributed by atoms with Crippen LogP contribution in [-0.4, -0.2) is 13.0 Å². The summed E-state index contributed by atoms with van der Waals surface area (Å²) in [5, 5.41) is 1.65. The summed E-state index contributed by atoms with van der Waals surface area (Å²) < 4.78 is 34.3. The predicted octanol–water partition coefficient (Wildman–Crippen LogP) is 3.78. The molecule has 21 heavy (non-hydrogen) atoms. The van der Waals surface area contributed by atoms with Gasteiger partial charge in [0.25, 0.3) is 0 Å². The second-order valence-electron chi connectivity index (χ2n) is 4.58. The highest BCUT2D eigenvalue weighted by Gasteiger charge is 2.23. The molecule has 0 saturated carbocycles. The minimum Gasteiger partial charge on any atom is -0.269 e. The smallest absolute Gasteiger partial charge is 0.269 e. The Morgan fingerprint density at radius 1 is 0.762 bits per heavy atom. The number of para-hydroxylation sites is 1. The Morgan fingerprint density at radius 3 is 2.10 bits per heavy atom. The van der Waals surface area contributed by atoms with Gasteiger partial charge in [0.15, 0.2) is 0 Å². The molecule has 0 spiro atoms. The first-order valence-corrected chi connectivity index (χ1v) is 7.77. The summed E-state index contributed by atoms with van der Waals surface area (Å²) in [5.74, 6) is 0. The monoisotopic (exact) mass is 299 g/mol. The maximum absolute atomic E-state index is 11.9. The van der Waals surface area contributed by atoms with Gasteiger partial charge in [0, 0.05) is 5.39 Å². The molecule has 0 bridgehead atoms. The highest BCUT2D eigenvalue weighted by Crippen LogP contribution is 2.33. The van der Waals surface area contributed by atoms with E-state index in [0.29, 0.717) is 11.4 Å². The first-order chi connectivity index (χ1) is 10.1. The van der Waals surface area contributed by atoms with Gasteiger partial charge in [-0.05, 0) is 23.6 Å². The number of hydrogen-bond acceptors (Lipinski definition) is 2. The standard InChI is InChI=1S/C16H13NO3S/c18-21(19,20)17(14-9-2-1-3-10-14)16-12-6-8-13-7-4-5-11-15(13)16/h1-12H,(H,18,19,20). The number of rotatable bonds is 3. The highest BCUT2D eigenvalue weighted by molar-refractivity contribution is 7.87. The van der Waals surface area contributed by atoms with Crippen molar-refractivity contribution in [3.8, 4) is 0 Å². The van der Waals surface area contributed by atoms with Gasteiger partial charge in [0.2, 0.25) is 0 Å². The van der Waals surface area contributed by atoms with Crippen LogP contribution in [0.25, 0.3) is 10.8 Å². The maximum atomic E-state index is 11.9. The molecule has 5 heteroatoms. The largest absolute Gasteiger partial charge is 0.364 e. The highest BCUT2D eigenvalue weighted by atomic mass is 32.2. The van der Waals surface area contributed by atoms with Gasteiger partial charge in [0.05, 0.1) is 11.4 Å². The van der Waals surface area contributed by atoms with Crippen LogP contribution in [-0.2, 0) is 10.3 Å². The second kappa shape index (κ2) is 5.20. The average Bonchev–Trinajstić information content (AvgIpc) is 2.47. The topological polar surface area (TPSA) is 57.6 Å². The van der Waals surface area contributed by atoms with Crippen molar-refractivity contribution in [1.82, 2.24) is 0 Å². The maximum Gasteiger partial charge on any atom is 0.364 e. The fourth-order valence-electron chi connectivity index (χ4n) is 2.35. The first-order valence-electron chi connectivity index (χ1n) is 6.38. The van der Waals surface area contributed by atoms with Crippen molar-refractivity contribution in [2.45, 2.75) is 0 Å². The molecule has 0 saturated heterocycles. The van der Waals surface area contributed by atoms with Crippen LogP contribution in [0.15, 0.2) is 72.8 Å². The van der Waals surface area contributed by atoms with E-state index in [-0.39, 0.29) is 0 Å². The van der Waals surface area contributed by atoms with Crippen LogP contribution in [0.1, 0.15) is 0 Å². The molecular weight excluding hydrogens is 286 g/mol. The van der Waals surface area contributed by atoms with E-state index < -0.39 is 10.3 Å². The van der Waals surface area contributed by atoms with Crippen molar-refractivity contribution >= 4 is 32.5 Å². The van der Waals surface area contributed by atoms with Gasteiger partial charge in [-0.3, -0.25) is 4.55 Å². The van der Waals surface area contributed by atoms with Crippen LogP contribution in [0, 0.1) is 0 Å². The first kappa shape index (κ1) is 13.6. The van der Waals surface area contributed by atoms with E-state index in [1.807, 2.05) is 30.3 Å². The van der Waals surface area contributed by atoms with Crippen molar-refractivity contribution in [3.63, 3.8) is 0 Å². The van der Waals surface area contributed by atoms with E-state index in [0.717, 1.165) is 15.1 Å². The van der Waals surface area contributed by atoms with Crippen molar-refractivity contribution in [3.05, 3.63) is 72.8 Å². The summed E-state index contributed by atoms with van der Waals surface area (Å²) in [7, 11) is -4.43. The summed E-state index contributed by atoms with van der Waals surface area (Å²) in [4.78, 5) is 0. The molecule has 0 radical (unpaired) electrons. The average molecular weight is 299 g/mol. The molecule has 0 aromatic heterocycles. The lowest BCUT2D eigenvalue weighted by Gasteiger charge is -2.22. The van der Waals surface area contributed by atoms with E-state index in [1.165, 1.54) is 0 Å². The van der Waals surface area contributed by atoms with E-state index >= 15 is 0 Å². The number of nitrogens with zero attached hydrogens (tertiary/aromatic N) is 1. The molecule has 3 aromatic carbocycles. The van der Waals surface area contributed by atoms with Crippen LogP contribution in [0.5, 0.6) is 0 Å². The fourth-order valence-corrected chi connectivity index (χ4v) is 3.14. The van der Waals surface area contributed by atoms with E-state index in [2.05, 4.69) is 0 Å². The van der Waals surface area contributed by atoms with Gasteiger partial charge in [-0.25, -0.2) is 4.31 Å². The minimum atomic E-state index is -4.43. The quantitative estimate of drug-likeness (QED) is 0.749. The molecule has 1 N–H and O–H groups in total. The van der Waals surface area contributed by atoms with Crippen LogP contribution in [0.2, 0.25) is 0 Å². The summed E-state index contributed by atoms with van der Waals surface area (Å²) in [6, 6.07) is 21.3. The third-order valence-corrected chi connectivity index (χ3v) is 4.08. The molecule has 4 nitrogen and oxygen atoms in total. The molecule has 106 valence electrons. The zero-order chi connectivity index (χ0) is 14.9. The zero-order valence-corrected chi connectivity index (χ0v) is 11.9. The Bertz CT molecular complexity index is 871.